The number of benzene rings is 1. The van der Waals surface area contributed by atoms with Crippen LogP contribution in [-0.2, 0) is 4.79 Å². The first-order valence-corrected chi connectivity index (χ1v) is 8.44. The van der Waals surface area contributed by atoms with Gasteiger partial charge < -0.3 is 10.4 Å². The fourth-order valence-electron chi connectivity index (χ4n) is 3.29. The van der Waals surface area contributed by atoms with Crippen molar-refractivity contribution in [3.05, 3.63) is 35.9 Å². The lowest BCUT2D eigenvalue weighted by Crippen LogP contribution is -2.49. The van der Waals surface area contributed by atoms with E-state index >= 15 is 0 Å². The van der Waals surface area contributed by atoms with Crippen molar-refractivity contribution in [2.75, 3.05) is 13.1 Å². The van der Waals surface area contributed by atoms with Gasteiger partial charge in [0.2, 0.25) is 5.91 Å². The van der Waals surface area contributed by atoms with Crippen molar-refractivity contribution in [1.29, 1.82) is 0 Å². The second-order valence-electron chi connectivity index (χ2n) is 6.00. The van der Waals surface area contributed by atoms with Crippen molar-refractivity contribution in [2.24, 2.45) is 0 Å². The number of likely N-dealkylation sites (N-methyl/N-ethyl adjacent to an activating group) is 1. The molecule has 0 aromatic heterocycles. The van der Waals surface area contributed by atoms with Gasteiger partial charge in [-0.2, -0.15) is 0 Å². The first-order chi connectivity index (χ1) is 10.7. The molecule has 0 heterocycles. The van der Waals surface area contributed by atoms with Gasteiger partial charge in [-0.25, -0.2) is 0 Å². The number of aliphatic hydroxyl groups excluding tert-OH is 1. The van der Waals surface area contributed by atoms with Crippen molar-refractivity contribution >= 4 is 5.91 Å². The van der Waals surface area contributed by atoms with E-state index in [1.807, 2.05) is 30.3 Å². The van der Waals surface area contributed by atoms with Gasteiger partial charge in [0.05, 0.1) is 12.1 Å². The van der Waals surface area contributed by atoms with Gasteiger partial charge in [0.15, 0.2) is 0 Å². The van der Waals surface area contributed by atoms with Crippen LogP contribution >= 0.6 is 0 Å². The first-order valence-electron chi connectivity index (χ1n) is 8.44. The quantitative estimate of drug-likeness (QED) is 0.849. The fourth-order valence-corrected chi connectivity index (χ4v) is 3.29. The molecule has 1 aromatic carbocycles. The molecule has 0 bridgehead atoms. The molecule has 1 fully saturated rings. The third-order valence-electron chi connectivity index (χ3n) is 4.60. The van der Waals surface area contributed by atoms with E-state index in [4.69, 9.17) is 0 Å². The highest BCUT2D eigenvalue weighted by atomic mass is 16.3. The Balaban J connectivity index is 2.15. The highest BCUT2D eigenvalue weighted by Crippen LogP contribution is 2.23. The van der Waals surface area contributed by atoms with E-state index in [2.05, 4.69) is 24.1 Å². The van der Waals surface area contributed by atoms with E-state index in [1.165, 1.54) is 0 Å². The first kappa shape index (κ1) is 17.0. The molecule has 0 spiro atoms. The van der Waals surface area contributed by atoms with Crippen LogP contribution in [0.2, 0.25) is 0 Å². The summed E-state index contributed by atoms with van der Waals surface area (Å²) >= 11 is 0. The monoisotopic (exact) mass is 304 g/mol. The predicted octanol–water partition coefficient (Wildman–Crippen LogP) is 2.49. The average Bonchev–Trinajstić information content (AvgIpc) is 2.55. The summed E-state index contributed by atoms with van der Waals surface area (Å²) in [6.45, 7) is 5.78. The predicted molar refractivity (Wildman–Crippen MR) is 88.5 cm³/mol. The van der Waals surface area contributed by atoms with Gasteiger partial charge in [0.25, 0.3) is 0 Å². The van der Waals surface area contributed by atoms with Crippen molar-refractivity contribution in [3.63, 3.8) is 0 Å². The summed E-state index contributed by atoms with van der Waals surface area (Å²) in [6, 6.07) is 9.50. The van der Waals surface area contributed by atoms with Crippen LogP contribution in [0, 0.1) is 0 Å². The van der Waals surface area contributed by atoms with Gasteiger partial charge in [-0.05, 0) is 31.5 Å². The van der Waals surface area contributed by atoms with Gasteiger partial charge in [0.1, 0.15) is 6.04 Å². The molecule has 22 heavy (non-hydrogen) atoms. The lowest BCUT2D eigenvalue weighted by Gasteiger charge is -2.33. The molecule has 0 aliphatic heterocycles. The Morgan fingerprint density at radius 1 is 1.23 bits per heavy atom. The Morgan fingerprint density at radius 2 is 1.86 bits per heavy atom. The van der Waals surface area contributed by atoms with Gasteiger partial charge in [-0.3, -0.25) is 9.69 Å². The van der Waals surface area contributed by atoms with E-state index in [9.17, 15) is 9.90 Å². The lowest BCUT2D eigenvalue weighted by atomic mass is 9.92. The normalized spacial score (nSPS) is 23.3. The highest BCUT2D eigenvalue weighted by molar-refractivity contribution is 5.83. The summed E-state index contributed by atoms with van der Waals surface area (Å²) in [4.78, 5) is 15.0. The van der Waals surface area contributed by atoms with E-state index in [1.54, 1.807) is 0 Å². The Hall–Kier alpha value is -1.39. The highest BCUT2D eigenvalue weighted by Gasteiger charge is 2.30. The number of amides is 1. The third-order valence-corrected chi connectivity index (χ3v) is 4.60. The molecule has 0 saturated heterocycles. The standard InChI is InChI=1S/C18H28N2O2/c1-3-20(4-2)17(14-10-6-5-7-11-14)18(22)19-15-12-8-9-13-16(15)21/h5-7,10-11,15-17,21H,3-4,8-9,12-13H2,1-2H3,(H,19,22). The zero-order valence-electron chi connectivity index (χ0n) is 13.7. The Labute approximate surface area is 133 Å². The van der Waals surface area contributed by atoms with Crippen LogP contribution in [0.5, 0.6) is 0 Å². The molecule has 1 aliphatic rings. The molecule has 0 radical (unpaired) electrons. The summed E-state index contributed by atoms with van der Waals surface area (Å²) in [5, 5.41) is 13.2. The van der Waals surface area contributed by atoms with Crippen LogP contribution in [0.4, 0.5) is 0 Å². The zero-order valence-corrected chi connectivity index (χ0v) is 13.7. The minimum Gasteiger partial charge on any atom is -0.391 e. The molecule has 122 valence electrons. The zero-order chi connectivity index (χ0) is 15.9. The number of carbonyl (C=O) groups is 1. The number of carbonyl (C=O) groups excluding carboxylic acids is 1. The Bertz CT molecular complexity index is 459. The average molecular weight is 304 g/mol. The van der Waals surface area contributed by atoms with Gasteiger partial charge >= 0.3 is 0 Å². The maximum absolute atomic E-state index is 12.9. The molecule has 4 heteroatoms. The second-order valence-corrected chi connectivity index (χ2v) is 6.00. The maximum Gasteiger partial charge on any atom is 0.242 e. The molecule has 2 N–H and O–H groups in total. The summed E-state index contributed by atoms with van der Waals surface area (Å²) in [5.74, 6) is 0.000787. The maximum atomic E-state index is 12.9. The number of hydrogen-bond donors (Lipinski definition) is 2. The molecule has 1 amide bonds. The number of rotatable bonds is 6. The summed E-state index contributed by atoms with van der Waals surface area (Å²) in [6.07, 6.45) is 3.36. The smallest absolute Gasteiger partial charge is 0.242 e. The van der Waals surface area contributed by atoms with Crippen LogP contribution in [0.1, 0.15) is 51.1 Å². The molecule has 1 saturated carbocycles. The Morgan fingerprint density at radius 3 is 2.45 bits per heavy atom. The van der Waals surface area contributed by atoms with Crippen molar-refractivity contribution in [1.82, 2.24) is 10.2 Å². The molecule has 3 unspecified atom stereocenters. The largest absolute Gasteiger partial charge is 0.391 e. The summed E-state index contributed by atoms with van der Waals surface area (Å²) < 4.78 is 0. The Kier molecular flexibility index (Phi) is 6.40. The van der Waals surface area contributed by atoms with Gasteiger partial charge in [-0.15, -0.1) is 0 Å². The molecule has 1 aliphatic carbocycles. The molecular weight excluding hydrogens is 276 g/mol. The number of hydrogen-bond acceptors (Lipinski definition) is 3. The number of nitrogens with zero attached hydrogens (tertiary/aromatic N) is 1. The van der Waals surface area contributed by atoms with Crippen LogP contribution in [0.3, 0.4) is 0 Å². The van der Waals surface area contributed by atoms with Crippen LogP contribution < -0.4 is 5.32 Å². The van der Waals surface area contributed by atoms with E-state index in [-0.39, 0.29) is 18.0 Å². The summed E-state index contributed by atoms with van der Waals surface area (Å²) in [5.41, 5.74) is 1.01. The van der Waals surface area contributed by atoms with Gasteiger partial charge in [-0.1, -0.05) is 57.0 Å². The van der Waals surface area contributed by atoms with Crippen LogP contribution in [-0.4, -0.2) is 41.1 Å². The molecule has 1 aromatic rings. The molecule has 2 rings (SSSR count). The second kappa shape index (κ2) is 8.30. The van der Waals surface area contributed by atoms with Crippen LogP contribution in [0.25, 0.3) is 0 Å². The number of nitrogens with one attached hydrogen (secondary N) is 1. The van der Waals surface area contributed by atoms with Crippen molar-refractivity contribution in [3.8, 4) is 0 Å². The van der Waals surface area contributed by atoms with E-state index < -0.39 is 6.10 Å². The topological polar surface area (TPSA) is 52.6 Å². The summed E-state index contributed by atoms with van der Waals surface area (Å²) in [7, 11) is 0. The van der Waals surface area contributed by atoms with Gasteiger partial charge in [0, 0.05) is 0 Å². The minimum atomic E-state index is -0.411. The third kappa shape index (κ3) is 4.08. The minimum absolute atomic E-state index is 0.000787. The SMILES string of the molecule is CCN(CC)C(C(=O)NC1CCCCC1O)c1ccccc1. The fraction of sp³-hybridized carbons (Fsp3) is 0.611. The van der Waals surface area contributed by atoms with Crippen molar-refractivity contribution in [2.45, 2.75) is 57.7 Å². The van der Waals surface area contributed by atoms with Crippen molar-refractivity contribution < 1.29 is 9.90 Å². The number of aliphatic hydroxyl groups is 1. The van der Waals surface area contributed by atoms with E-state index in [0.717, 1.165) is 44.3 Å². The molecular formula is C18H28N2O2. The molecule has 4 nitrogen and oxygen atoms in total. The van der Waals surface area contributed by atoms with E-state index in [0.29, 0.717) is 0 Å². The lowest BCUT2D eigenvalue weighted by molar-refractivity contribution is -0.128. The van der Waals surface area contributed by atoms with Crippen LogP contribution in [0.15, 0.2) is 30.3 Å². The molecule has 3 atom stereocenters.